The van der Waals surface area contributed by atoms with E-state index in [0.29, 0.717) is 37.4 Å². The third-order valence-corrected chi connectivity index (χ3v) is 4.85. The van der Waals surface area contributed by atoms with E-state index >= 15 is 0 Å². The molecule has 1 aromatic carbocycles. The minimum atomic E-state index is -3.33. The van der Waals surface area contributed by atoms with Gasteiger partial charge in [-0.3, -0.25) is 14.3 Å². The first-order chi connectivity index (χ1) is 11.3. The quantitative estimate of drug-likeness (QED) is 0.867. The molecule has 1 saturated carbocycles. The lowest BCUT2D eigenvalue weighted by molar-refractivity contribution is -0.134. The smallest absolute Gasteiger partial charge is 0.253 e. The Morgan fingerprint density at radius 2 is 1.54 bits per heavy atom. The van der Waals surface area contributed by atoms with Crippen LogP contribution in [-0.2, 0) is 14.8 Å². The fourth-order valence-electron chi connectivity index (χ4n) is 2.80. The molecule has 2 aliphatic rings. The molecule has 7 nitrogen and oxygen atoms in total. The monoisotopic (exact) mass is 351 g/mol. The first kappa shape index (κ1) is 16.8. The highest BCUT2D eigenvalue weighted by molar-refractivity contribution is 7.92. The summed E-state index contributed by atoms with van der Waals surface area (Å²) in [4.78, 5) is 28.1. The van der Waals surface area contributed by atoms with Gasteiger partial charge in [-0.1, -0.05) is 0 Å². The molecule has 1 N–H and O–H groups in total. The molecule has 24 heavy (non-hydrogen) atoms. The molecule has 1 heterocycles. The minimum Gasteiger partial charge on any atom is -0.339 e. The second-order valence-electron chi connectivity index (χ2n) is 6.34. The number of nitrogens with zero attached hydrogens (tertiary/aromatic N) is 2. The van der Waals surface area contributed by atoms with Gasteiger partial charge in [0.1, 0.15) is 0 Å². The topological polar surface area (TPSA) is 86.8 Å². The Kier molecular flexibility index (Phi) is 4.49. The van der Waals surface area contributed by atoms with E-state index in [1.807, 2.05) is 4.90 Å². The number of rotatable bonds is 4. The molecule has 2 amide bonds. The zero-order valence-electron chi connectivity index (χ0n) is 13.6. The van der Waals surface area contributed by atoms with Crippen molar-refractivity contribution in [2.24, 2.45) is 5.92 Å². The van der Waals surface area contributed by atoms with Crippen LogP contribution in [0.3, 0.4) is 0 Å². The van der Waals surface area contributed by atoms with Crippen LogP contribution in [0.5, 0.6) is 0 Å². The van der Waals surface area contributed by atoms with Crippen molar-refractivity contribution in [3.63, 3.8) is 0 Å². The summed E-state index contributed by atoms with van der Waals surface area (Å²) in [6, 6.07) is 6.36. The van der Waals surface area contributed by atoms with Gasteiger partial charge in [-0.15, -0.1) is 0 Å². The average molecular weight is 351 g/mol. The summed E-state index contributed by atoms with van der Waals surface area (Å²) in [6.07, 6.45) is 3.06. The number of hydrogen-bond donors (Lipinski definition) is 1. The van der Waals surface area contributed by atoms with Crippen LogP contribution in [0.2, 0.25) is 0 Å². The van der Waals surface area contributed by atoms with Crippen LogP contribution in [0.4, 0.5) is 5.69 Å². The van der Waals surface area contributed by atoms with Gasteiger partial charge >= 0.3 is 0 Å². The molecule has 3 rings (SSSR count). The Hall–Kier alpha value is -2.09. The number of hydrogen-bond acceptors (Lipinski definition) is 4. The Balaban J connectivity index is 1.57. The number of benzene rings is 1. The summed E-state index contributed by atoms with van der Waals surface area (Å²) in [5.41, 5.74) is 0.935. The zero-order chi connectivity index (χ0) is 17.3. The highest BCUT2D eigenvalue weighted by Gasteiger charge is 2.35. The van der Waals surface area contributed by atoms with Crippen molar-refractivity contribution in [3.05, 3.63) is 29.8 Å². The Morgan fingerprint density at radius 3 is 2.04 bits per heavy atom. The van der Waals surface area contributed by atoms with Gasteiger partial charge in [-0.25, -0.2) is 8.42 Å². The van der Waals surface area contributed by atoms with E-state index < -0.39 is 10.0 Å². The van der Waals surface area contributed by atoms with E-state index in [1.54, 1.807) is 29.2 Å². The predicted molar refractivity (Wildman–Crippen MR) is 90.1 cm³/mol. The molecular formula is C16H21N3O4S. The molecule has 0 bridgehead atoms. The lowest BCUT2D eigenvalue weighted by Crippen LogP contribution is -2.51. The van der Waals surface area contributed by atoms with Crippen molar-refractivity contribution in [1.82, 2.24) is 9.80 Å². The molecular weight excluding hydrogens is 330 g/mol. The van der Waals surface area contributed by atoms with Crippen LogP contribution in [-0.4, -0.2) is 62.5 Å². The van der Waals surface area contributed by atoms with E-state index in [-0.39, 0.29) is 17.7 Å². The molecule has 130 valence electrons. The number of carbonyl (C=O) groups excluding carboxylic acids is 2. The van der Waals surface area contributed by atoms with Crippen molar-refractivity contribution < 1.29 is 18.0 Å². The van der Waals surface area contributed by atoms with Gasteiger partial charge in [0.05, 0.1) is 6.26 Å². The Labute approximate surface area is 141 Å². The molecule has 0 spiro atoms. The van der Waals surface area contributed by atoms with E-state index in [0.717, 1.165) is 19.1 Å². The SMILES string of the molecule is CS(=O)(=O)Nc1ccc(C(=O)N2CCN(C(=O)C3CC3)CC2)cc1. The zero-order valence-corrected chi connectivity index (χ0v) is 14.4. The molecule has 0 atom stereocenters. The predicted octanol–water partition coefficient (Wildman–Crippen LogP) is 0.752. The van der Waals surface area contributed by atoms with E-state index in [9.17, 15) is 18.0 Å². The molecule has 2 fully saturated rings. The van der Waals surface area contributed by atoms with Gasteiger partial charge < -0.3 is 9.80 Å². The summed E-state index contributed by atoms with van der Waals surface area (Å²) in [5.74, 6) is 0.333. The van der Waals surface area contributed by atoms with Gasteiger partial charge in [0.25, 0.3) is 5.91 Å². The largest absolute Gasteiger partial charge is 0.339 e. The van der Waals surface area contributed by atoms with Crippen LogP contribution < -0.4 is 4.72 Å². The van der Waals surface area contributed by atoms with Crippen molar-refractivity contribution in [3.8, 4) is 0 Å². The number of amides is 2. The lowest BCUT2D eigenvalue weighted by Gasteiger charge is -2.35. The highest BCUT2D eigenvalue weighted by atomic mass is 32.2. The van der Waals surface area contributed by atoms with E-state index in [2.05, 4.69) is 4.72 Å². The molecule has 1 saturated heterocycles. The molecule has 8 heteroatoms. The fourth-order valence-corrected chi connectivity index (χ4v) is 3.36. The van der Waals surface area contributed by atoms with Gasteiger partial charge in [-0.2, -0.15) is 0 Å². The summed E-state index contributed by atoms with van der Waals surface area (Å²) < 4.78 is 24.7. The molecule has 0 radical (unpaired) electrons. The maximum atomic E-state index is 12.5. The molecule has 0 aromatic heterocycles. The Morgan fingerprint density at radius 1 is 1.00 bits per heavy atom. The van der Waals surface area contributed by atoms with Gasteiger partial charge in [0.2, 0.25) is 15.9 Å². The number of anilines is 1. The molecule has 1 aliphatic carbocycles. The van der Waals surface area contributed by atoms with Gasteiger partial charge in [0.15, 0.2) is 0 Å². The second-order valence-corrected chi connectivity index (χ2v) is 8.09. The highest BCUT2D eigenvalue weighted by Crippen LogP contribution is 2.31. The van der Waals surface area contributed by atoms with Crippen molar-refractivity contribution in [1.29, 1.82) is 0 Å². The van der Waals surface area contributed by atoms with Crippen molar-refractivity contribution in [2.75, 3.05) is 37.2 Å². The first-order valence-corrected chi connectivity index (χ1v) is 9.88. The van der Waals surface area contributed by atoms with E-state index in [4.69, 9.17) is 0 Å². The summed E-state index contributed by atoms with van der Waals surface area (Å²) in [7, 11) is -3.33. The number of carbonyl (C=O) groups is 2. The third-order valence-electron chi connectivity index (χ3n) is 4.24. The molecule has 0 unspecified atom stereocenters. The third kappa shape index (κ3) is 4.05. The summed E-state index contributed by atoms with van der Waals surface area (Å²) >= 11 is 0. The molecule has 1 aromatic rings. The van der Waals surface area contributed by atoms with Crippen LogP contribution >= 0.6 is 0 Å². The number of nitrogens with one attached hydrogen (secondary N) is 1. The standard InChI is InChI=1S/C16H21N3O4S/c1-24(22,23)17-14-6-4-13(5-7-14)16(21)19-10-8-18(9-11-19)15(20)12-2-3-12/h4-7,12,17H,2-3,8-11H2,1H3. The number of piperazine rings is 1. The normalized spacial score (nSPS) is 18.4. The maximum Gasteiger partial charge on any atom is 0.253 e. The minimum absolute atomic E-state index is 0.0978. The lowest BCUT2D eigenvalue weighted by atomic mass is 10.1. The molecule has 1 aliphatic heterocycles. The summed E-state index contributed by atoms with van der Waals surface area (Å²) in [5, 5.41) is 0. The second kappa shape index (κ2) is 6.43. The van der Waals surface area contributed by atoms with Crippen molar-refractivity contribution in [2.45, 2.75) is 12.8 Å². The van der Waals surface area contributed by atoms with Gasteiger partial charge in [-0.05, 0) is 37.1 Å². The summed E-state index contributed by atoms with van der Waals surface area (Å²) in [6.45, 7) is 2.21. The Bertz CT molecular complexity index is 733. The average Bonchev–Trinajstić information content (AvgIpc) is 3.38. The van der Waals surface area contributed by atoms with Crippen LogP contribution in [0, 0.1) is 5.92 Å². The van der Waals surface area contributed by atoms with Crippen molar-refractivity contribution >= 4 is 27.5 Å². The maximum absolute atomic E-state index is 12.5. The van der Waals surface area contributed by atoms with Crippen LogP contribution in [0.25, 0.3) is 0 Å². The van der Waals surface area contributed by atoms with Gasteiger partial charge in [0, 0.05) is 43.3 Å². The van der Waals surface area contributed by atoms with E-state index in [1.165, 1.54) is 0 Å². The fraction of sp³-hybridized carbons (Fsp3) is 0.500. The number of sulfonamides is 1. The van der Waals surface area contributed by atoms with Crippen LogP contribution in [0.1, 0.15) is 23.2 Å². The van der Waals surface area contributed by atoms with Crippen LogP contribution in [0.15, 0.2) is 24.3 Å². The first-order valence-electron chi connectivity index (χ1n) is 7.99.